The second kappa shape index (κ2) is 54.4. The number of esters is 2. The van der Waals surface area contributed by atoms with Crippen LogP contribution in [0.15, 0.2) is 158 Å². The van der Waals surface area contributed by atoms with Crippen LogP contribution in [0.4, 0.5) is 0 Å². The molecule has 0 aromatic carbocycles. The number of allylic oxidation sites excluding steroid dienone is 26. The maximum atomic E-state index is 12.8. The van der Waals surface area contributed by atoms with Crippen LogP contribution in [0.5, 0.6) is 0 Å². The predicted molar refractivity (Wildman–Crippen MR) is 318 cm³/mol. The normalized spacial score (nSPS) is 14.5. The molecular weight excluding hydrogens is 954 g/mol. The lowest BCUT2D eigenvalue weighted by atomic mass is 10.1. The number of carbonyl (C=O) groups excluding carboxylic acids is 2. The summed E-state index contributed by atoms with van der Waals surface area (Å²) >= 11 is 0. The Balaban J connectivity index is 4.26. The van der Waals surface area contributed by atoms with Crippen LogP contribution in [0, 0.1) is 0 Å². The van der Waals surface area contributed by atoms with Crippen molar-refractivity contribution in [2.24, 2.45) is 0 Å². The number of phosphoric acid groups is 1. The molecule has 0 fully saturated rings. The van der Waals surface area contributed by atoms with Gasteiger partial charge >= 0.3 is 11.9 Å². The lowest BCUT2D eigenvalue weighted by molar-refractivity contribution is -0.870. The van der Waals surface area contributed by atoms with E-state index in [1.807, 2.05) is 21.1 Å². The fourth-order valence-corrected chi connectivity index (χ4v) is 7.58. The van der Waals surface area contributed by atoms with Crippen molar-refractivity contribution in [3.8, 4) is 0 Å². The molecule has 0 aliphatic heterocycles. The van der Waals surface area contributed by atoms with Gasteiger partial charge in [-0.15, -0.1) is 0 Å². The van der Waals surface area contributed by atoms with Crippen LogP contribution in [0.3, 0.4) is 0 Å². The number of nitrogens with zero attached hydrogens (tertiary/aromatic N) is 1. The molecule has 0 saturated heterocycles. The molecule has 9 nitrogen and oxygen atoms in total. The van der Waals surface area contributed by atoms with Crippen LogP contribution in [-0.2, 0) is 32.7 Å². The highest BCUT2D eigenvalue weighted by Crippen LogP contribution is 2.38. The third-order valence-electron chi connectivity index (χ3n) is 11.3. The molecule has 422 valence electrons. The highest BCUT2D eigenvalue weighted by molar-refractivity contribution is 7.45. The summed E-state index contributed by atoms with van der Waals surface area (Å²) < 4.78 is 34.0. The zero-order valence-electron chi connectivity index (χ0n) is 47.7. The Morgan fingerprint density at radius 1 is 0.427 bits per heavy atom. The van der Waals surface area contributed by atoms with Gasteiger partial charge in [-0.2, -0.15) is 0 Å². The fraction of sp³-hybridized carbons (Fsp3) is 0.569. The van der Waals surface area contributed by atoms with Gasteiger partial charge in [0.1, 0.15) is 19.8 Å². The van der Waals surface area contributed by atoms with Crippen molar-refractivity contribution < 1.29 is 42.1 Å². The number of phosphoric ester groups is 1. The third kappa shape index (κ3) is 58.7. The van der Waals surface area contributed by atoms with Gasteiger partial charge in [0.2, 0.25) is 0 Å². The molecule has 0 aliphatic carbocycles. The Bertz CT molecular complexity index is 1820. The summed E-state index contributed by atoms with van der Waals surface area (Å²) in [7, 11) is 1.11. The summed E-state index contributed by atoms with van der Waals surface area (Å²) in [4.78, 5) is 37.7. The fourth-order valence-electron chi connectivity index (χ4n) is 6.85. The highest BCUT2D eigenvalue weighted by Gasteiger charge is 2.21. The minimum Gasteiger partial charge on any atom is -0.756 e. The van der Waals surface area contributed by atoms with Gasteiger partial charge in [-0.05, 0) is 122 Å². The predicted octanol–water partition coefficient (Wildman–Crippen LogP) is 17.5. The van der Waals surface area contributed by atoms with E-state index in [4.69, 9.17) is 18.5 Å². The molecule has 0 saturated carbocycles. The largest absolute Gasteiger partial charge is 0.756 e. The number of hydrogen-bond donors (Lipinski definition) is 0. The third-order valence-corrected chi connectivity index (χ3v) is 12.2. The van der Waals surface area contributed by atoms with Crippen molar-refractivity contribution in [3.05, 3.63) is 158 Å². The van der Waals surface area contributed by atoms with E-state index in [-0.39, 0.29) is 26.1 Å². The molecule has 75 heavy (non-hydrogen) atoms. The van der Waals surface area contributed by atoms with Gasteiger partial charge in [-0.25, -0.2) is 0 Å². The number of hydrogen-bond acceptors (Lipinski definition) is 8. The molecule has 0 radical (unpaired) electrons. The summed E-state index contributed by atoms with van der Waals surface area (Å²) in [5.41, 5.74) is 0. The summed E-state index contributed by atoms with van der Waals surface area (Å²) in [5.74, 6) is -0.904. The zero-order valence-corrected chi connectivity index (χ0v) is 48.6. The van der Waals surface area contributed by atoms with Gasteiger partial charge in [0.15, 0.2) is 6.10 Å². The molecule has 2 unspecified atom stereocenters. The van der Waals surface area contributed by atoms with Gasteiger partial charge in [0.05, 0.1) is 27.7 Å². The van der Waals surface area contributed by atoms with E-state index in [1.54, 1.807) is 0 Å². The van der Waals surface area contributed by atoms with E-state index in [1.165, 1.54) is 12.8 Å². The number of ether oxygens (including phenoxy) is 2. The molecule has 0 spiro atoms. The standard InChI is InChI=1S/C65H104NO8P/c1-6-8-10-12-14-16-18-20-22-23-24-25-26-27-28-29-30-31-32-33-34-35-36-37-38-39-40-41-42-43-44-46-48-50-52-54-56-58-65(68)74-63(62-73-75(69,70)72-60-59-66(3,4)5)61-71-64(67)57-55-53-51-49-47-45-21-19-17-15-13-11-9-7-2/h8,10,13-16,19-22,24-25,27-28,30-31,33-34,36-37,39-40,42-43,46,48,63H,6-7,9,11-12,17-18,23,26,29,32,35,38,41,44-45,47,49-62H2,1-5H3/b10-8-,15-13-,16-14-,21-19-,22-20-,25-24-,28-27-,31-30-,34-33-,37-36-,40-39-,43-42-,48-46-. The van der Waals surface area contributed by atoms with Crippen LogP contribution in [0.25, 0.3) is 0 Å². The zero-order chi connectivity index (χ0) is 54.9. The van der Waals surface area contributed by atoms with Crippen molar-refractivity contribution in [2.75, 3.05) is 47.5 Å². The number of likely N-dealkylation sites (N-methyl/N-ethyl adjacent to an activating group) is 1. The maximum Gasteiger partial charge on any atom is 0.306 e. The first-order valence-corrected chi connectivity index (χ1v) is 30.2. The molecule has 10 heteroatoms. The smallest absolute Gasteiger partial charge is 0.306 e. The summed E-state index contributed by atoms with van der Waals surface area (Å²) in [5, 5.41) is 0. The molecular formula is C65H104NO8P. The van der Waals surface area contributed by atoms with Gasteiger partial charge in [-0.1, -0.05) is 210 Å². The molecule has 0 heterocycles. The van der Waals surface area contributed by atoms with Crippen LogP contribution in [0.1, 0.15) is 187 Å². The number of unbranched alkanes of at least 4 members (excludes halogenated alkanes) is 10. The van der Waals surface area contributed by atoms with E-state index >= 15 is 0 Å². The average molecular weight is 1060 g/mol. The quantitative estimate of drug-likeness (QED) is 0.0195. The average Bonchev–Trinajstić information content (AvgIpc) is 3.37. The Morgan fingerprint density at radius 3 is 1.15 bits per heavy atom. The monoisotopic (exact) mass is 1060 g/mol. The van der Waals surface area contributed by atoms with Crippen LogP contribution in [-0.4, -0.2) is 70.0 Å². The first-order chi connectivity index (χ1) is 36.5. The van der Waals surface area contributed by atoms with E-state index < -0.39 is 32.5 Å². The molecule has 0 aromatic rings. The topological polar surface area (TPSA) is 111 Å². The van der Waals surface area contributed by atoms with Crippen LogP contribution in [0.2, 0.25) is 0 Å². The van der Waals surface area contributed by atoms with Gasteiger partial charge in [-0.3, -0.25) is 14.2 Å². The molecule has 0 amide bonds. The van der Waals surface area contributed by atoms with E-state index in [9.17, 15) is 19.0 Å². The van der Waals surface area contributed by atoms with Crippen molar-refractivity contribution in [1.29, 1.82) is 0 Å². The Kier molecular flexibility index (Phi) is 51.2. The molecule has 0 aliphatic rings. The Labute approximate surface area is 458 Å². The van der Waals surface area contributed by atoms with Gasteiger partial charge < -0.3 is 27.9 Å². The van der Waals surface area contributed by atoms with Crippen LogP contribution < -0.4 is 4.89 Å². The van der Waals surface area contributed by atoms with E-state index in [0.29, 0.717) is 23.9 Å². The maximum absolute atomic E-state index is 12.8. The Morgan fingerprint density at radius 2 is 0.760 bits per heavy atom. The summed E-state index contributed by atoms with van der Waals surface area (Å²) in [6.07, 6.45) is 81.5. The van der Waals surface area contributed by atoms with Crippen molar-refractivity contribution in [3.63, 3.8) is 0 Å². The van der Waals surface area contributed by atoms with E-state index in [2.05, 4.69) is 172 Å². The van der Waals surface area contributed by atoms with E-state index in [0.717, 1.165) is 135 Å². The molecule has 0 N–H and O–H groups in total. The lowest BCUT2D eigenvalue weighted by Gasteiger charge is -2.28. The van der Waals surface area contributed by atoms with Crippen molar-refractivity contribution in [2.45, 2.75) is 193 Å². The lowest BCUT2D eigenvalue weighted by Crippen LogP contribution is -2.37. The molecule has 0 rings (SSSR count). The second-order valence-electron chi connectivity index (χ2n) is 19.6. The number of quaternary nitrogens is 1. The van der Waals surface area contributed by atoms with Gasteiger partial charge in [0, 0.05) is 12.8 Å². The SMILES string of the molecule is CC/C=C\C/C=C\C/C=C\C/C=C\C/C=C\C/C=C\C/C=C\C/C=C\C/C=C\C/C=C\C/C=C\CCCCCC(=O)OC(COC(=O)CCCCCCC/C=C\C/C=C\CCCC)COP(=O)([O-])OCC[N+](C)(C)C. The van der Waals surface area contributed by atoms with Crippen molar-refractivity contribution in [1.82, 2.24) is 0 Å². The minimum absolute atomic E-state index is 0.0491. The summed E-state index contributed by atoms with van der Waals surface area (Å²) in [6, 6.07) is 0. The minimum atomic E-state index is -4.66. The van der Waals surface area contributed by atoms with Crippen LogP contribution >= 0.6 is 7.82 Å². The van der Waals surface area contributed by atoms with Crippen molar-refractivity contribution >= 4 is 19.8 Å². The second-order valence-corrected chi connectivity index (χ2v) is 21.0. The molecule has 0 bridgehead atoms. The first kappa shape index (κ1) is 70.6. The highest BCUT2D eigenvalue weighted by atomic mass is 31.2. The molecule has 0 aromatic heterocycles. The Hall–Kier alpha value is -4.37. The first-order valence-electron chi connectivity index (χ1n) is 28.7. The number of rotatable bonds is 50. The number of carbonyl (C=O) groups is 2. The van der Waals surface area contributed by atoms with Gasteiger partial charge in [0.25, 0.3) is 7.82 Å². The molecule has 2 atom stereocenters. The summed E-state index contributed by atoms with van der Waals surface area (Å²) in [6.45, 7) is 3.99.